The zero-order chi connectivity index (χ0) is 14.4. The van der Waals surface area contributed by atoms with E-state index in [0.717, 1.165) is 13.0 Å². The van der Waals surface area contributed by atoms with Gasteiger partial charge in [0, 0.05) is 18.6 Å². The van der Waals surface area contributed by atoms with Gasteiger partial charge in [0.15, 0.2) is 0 Å². The van der Waals surface area contributed by atoms with Crippen molar-refractivity contribution >= 4 is 18.4 Å². The summed E-state index contributed by atoms with van der Waals surface area (Å²) in [5, 5.41) is 0. The van der Waals surface area contributed by atoms with Crippen LogP contribution in [-0.4, -0.2) is 36.1 Å². The molecular formula is C17H26ClNO2. The number of likely N-dealkylation sites (tertiary alicyclic amines) is 1. The van der Waals surface area contributed by atoms with Crippen LogP contribution in [0.3, 0.4) is 0 Å². The second kappa shape index (κ2) is 9.06. The van der Waals surface area contributed by atoms with Gasteiger partial charge >= 0.3 is 5.97 Å². The first-order valence-corrected chi connectivity index (χ1v) is 7.66. The Hall–Kier alpha value is -1.06. The average Bonchev–Trinajstić information content (AvgIpc) is 2.46. The minimum Gasteiger partial charge on any atom is -0.462 e. The summed E-state index contributed by atoms with van der Waals surface area (Å²) in [5.41, 5.74) is 0.632. The Morgan fingerprint density at radius 3 is 2.43 bits per heavy atom. The molecule has 1 fully saturated rings. The summed E-state index contributed by atoms with van der Waals surface area (Å²) in [6.07, 6.45) is 4.82. The van der Waals surface area contributed by atoms with Crippen molar-refractivity contribution in [3.05, 3.63) is 35.9 Å². The van der Waals surface area contributed by atoms with E-state index < -0.39 is 0 Å². The van der Waals surface area contributed by atoms with Gasteiger partial charge in [-0.25, -0.2) is 4.79 Å². The quantitative estimate of drug-likeness (QED) is 0.610. The highest BCUT2D eigenvalue weighted by atomic mass is 35.5. The zero-order valence-corrected chi connectivity index (χ0v) is 13.8. The molecule has 118 valence electrons. The number of esters is 1. The van der Waals surface area contributed by atoms with Gasteiger partial charge in [0.05, 0.1) is 12.2 Å². The minimum atomic E-state index is -0.217. The molecule has 0 aliphatic carbocycles. The first kappa shape index (κ1) is 18.0. The van der Waals surface area contributed by atoms with E-state index in [0.29, 0.717) is 24.3 Å². The van der Waals surface area contributed by atoms with Crippen molar-refractivity contribution in [3.8, 4) is 0 Å². The second-order valence-corrected chi connectivity index (χ2v) is 5.72. The molecule has 2 unspecified atom stereocenters. The maximum atomic E-state index is 11.8. The molecule has 1 heterocycles. The number of carbonyl (C=O) groups is 1. The lowest BCUT2D eigenvalue weighted by molar-refractivity contribution is 0.0450. The van der Waals surface area contributed by atoms with Crippen molar-refractivity contribution in [2.75, 3.05) is 13.2 Å². The molecule has 1 aliphatic rings. The lowest BCUT2D eigenvalue weighted by Crippen LogP contribution is -2.44. The van der Waals surface area contributed by atoms with E-state index in [-0.39, 0.29) is 18.4 Å². The molecule has 1 aliphatic heterocycles. The smallest absolute Gasteiger partial charge is 0.338 e. The van der Waals surface area contributed by atoms with Gasteiger partial charge in [0.2, 0.25) is 0 Å². The van der Waals surface area contributed by atoms with Gasteiger partial charge in [-0.2, -0.15) is 0 Å². The van der Waals surface area contributed by atoms with Crippen LogP contribution in [0.1, 0.15) is 49.9 Å². The van der Waals surface area contributed by atoms with Gasteiger partial charge in [-0.05, 0) is 45.2 Å². The average molecular weight is 312 g/mol. The Morgan fingerprint density at radius 1 is 1.19 bits per heavy atom. The maximum Gasteiger partial charge on any atom is 0.338 e. The number of hydrogen-bond donors (Lipinski definition) is 0. The van der Waals surface area contributed by atoms with E-state index >= 15 is 0 Å². The number of benzene rings is 1. The van der Waals surface area contributed by atoms with Crippen LogP contribution < -0.4 is 0 Å². The number of halogens is 1. The second-order valence-electron chi connectivity index (χ2n) is 5.72. The zero-order valence-electron chi connectivity index (χ0n) is 13.0. The summed E-state index contributed by atoms with van der Waals surface area (Å²) in [5.74, 6) is -0.217. The highest BCUT2D eigenvalue weighted by Crippen LogP contribution is 2.22. The Kier molecular flexibility index (Phi) is 7.76. The maximum absolute atomic E-state index is 11.8. The van der Waals surface area contributed by atoms with Gasteiger partial charge < -0.3 is 4.74 Å². The molecule has 1 aromatic rings. The normalized spacial score (nSPS) is 22.4. The SMILES string of the molecule is CC1CCCC(C)N1CCCOC(=O)c1ccccc1.Cl. The largest absolute Gasteiger partial charge is 0.462 e. The molecule has 2 atom stereocenters. The third-order valence-corrected chi connectivity index (χ3v) is 4.18. The van der Waals surface area contributed by atoms with Crippen molar-refractivity contribution in [1.29, 1.82) is 0 Å². The number of carbonyl (C=O) groups excluding carboxylic acids is 1. The highest BCUT2D eigenvalue weighted by molar-refractivity contribution is 5.89. The Labute approximate surface area is 134 Å². The molecule has 3 nitrogen and oxygen atoms in total. The molecule has 0 spiro atoms. The monoisotopic (exact) mass is 311 g/mol. The van der Waals surface area contributed by atoms with Crippen molar-refractivity contribution in [3.63, 3.8) is 0 Å². The molecule has 2 rings (SSSR count). The molecule has 0 amide bonds. The van der Waals surface area contributed by atoms with Crippen LogP contribution in [0, 0.1) is 0 Å². The van der Waals surface area contributed by atoms with Crippen molar-refractivity contribution in [2.24, 2.45) is 0 Å². The standard InChI is InChI=1S/C17H25NO2.ClH/c1-14-8-6-9-15(2)18(14)12-7-13-20-17(19)16-10-4-3-5-11-16;/h3-5,10-11,14-15H,6-9,12-13H2,1-2H3;1H. The van der Waals surface area contributed by atoms with Crippen LogP contribution >= 0.6 is 12.4 Å². The van der Waals surface area contributed by atoms with Crippen molar-refractivity contribution in [2.45, 2.75) is 51.6 Å². The predicted octanol–water partition coefficient (Wildman–Crippen LogP) is 3.92. The fourth-order valence-corrected chi connectivity index (χ4v) is 2.99. The van der Waals surface area contributed by atoms with E-state index in [1.54, 1.807) is 12.1 Å². The number of nitrogens with zero attached hydrogens (tertiary/aromatic N) is 1. The summed E-state index contributed by atoms with van der Waals surface area (Å²) in [6.45, 7) is 6.12. The molecule has 0 aromatic heterocycles. The molecule has 0 bridgehead atoms. The highest BCUT2D eigenvalue weighted by Gasteiger charge is 2.23. The van der Waals surface area contributed by atoms with E-state index in [2.05, 4.69) is 18.7 Å². The van der Waals surface area contributed by atoms with Crippen LogP contribution in [-0.2, 0) is 4.74 Å². The van der Waals surface area contributed by atoms with Gasteiger partial charge in [-0.15, -0.1) is 12.4 Å². The van der Waals surface area contributed by atoms with Gasteiger partial charge in [-0.3, -0.25) is 4.90 Å². The van der Waals surface area contributed by atoms with E-state index in [1.807, 2.05) is 18.2 Å². The fraction of sp³-hybridized carbons (Fsp3) is 0.588. The van der Waals surface area contributed by atoms with Crippen molar-refractivity contribution < 1.29 is 9.53 Å². The van der Waals surface area contributed by atoms with Crippen LogP contribution in [0.4, 0.5) is 0 Å². The Morgan fingerprint density at radius 2 is 1.81 bits per heavy atom. The third kappa shape index (κ3) is 5.33. The molecule has 0 saturated carbocycles. The number of hydrogen-bond acceptors (Lipinski definition) is 3. The topological polar surface area (TPSA) is 29.5 Å². The molecule has 0 N–H and O–H groups in total. The first-order valence-electron chi connectivity index (χ1n) is 7.66. The lowest BCUT2D eigenvalue weighted by atomic mass is 9.97. The molecule has 21 heavy (non-hydrogen) atoms. The molecular weight excluding hydrogens is 286 g/mol. The Bertz CT molecular complexity index is 414. The van der Waals surface area contributed by atoms with Gasteiger partial charge in [0.25, 0.3) is 0 Å². The minimum absolute atomic E-state index is 0. The van der Waals surface area contributed by atoms with Crippen molar-refractivity contribution in [1.82, 2.24) is 4.90 Å². The third-order valence-electron chi connectivity index (χ3n) is 4.18. The number of piperidine rings is 1. The summed E-state index contributed by atoms with van der Waals surface area (Å²) < 4.78 is 5.32. The molecule has 1 saturated heterocycles. The Balaban J connectivity index is 0.00000220. The molecule has 0 radical (unpaired) electrons. The van der Waals surface area contributed by atoms with Crippen LogP contribution in [0.5, 0.6) is 0 Å². The summed E-state index contributed by atoms with van der Waals surface area (Å²) in [7, 11) is 0. The summed E-state index contributed by atoms with van der Waals surface area (Å²) in [4.78, 5) is 14.3. The molecule has 1 aromatic carbocycles. The summed E-state index contributed by atoms with van der Waals surface area (Å²) in [6, 6.07) is 10.5. The van der Waals surface area contributed by atoms with E-state index in [9.17, 15) is 4.79 Å². The predicted molar refractivity (Wildman–Crippen MR) is 88.1 cm³/mol. The fourth-order valence-electron chi connectivity index (χ4n) is 2.99. The number of rotatable bonds is 5. The van der Waals surface area contributed by atoms with Gasteiger partial charge in [-0.1, -0.05) is 24.6 Å². The van der Waals surface area contributed by atoms with Crippen LogP contribution in [0.2, 0.25) is 0 Å². The molecule has 4 heteroatoms. The van der Waals surface area contributed by atoms with Crippen LogP contribution in [0.15, 0.2) is 30.3 Å². The summed E-state index contributed by atoms with van der Waals surface area (Å²) >= 11 is 0. The first-order chi connectivity index (χ1) is 9.68. The van der Waals surface area contributed by atoms with Crippen LogP contribution in [0.25, 0.3) is 0 Å². The van der Waals surface area contributed by atoms with E-state index in [1.165, 1.54) is 19.3 Å². The lowest BCUT2D eigenvalue weighted by Gasteiger charge is -2.38. The van der Waals surface area contributed by atoms with Gasteiger partial charge in [0.1, 0.15) is 0 Å². The van der Waals surface area contributed by atoms with E-state index in [4.69, 9.17) is 4.74 Å². The number of ether oxygens (including phenoxy) is 1.